The zero-order valence-electron chi connectivity index (χ0n) is 16.2. The van der Waals surface area contributed by atoms with Crippen LogP contribution in [-0.2, 0) is 16.1 Å². The summed E-state index contributed by atoms with van der Waals surface area (Å²) in [5.74, 6) is 0.980. The Kier molecular flexibility index (Phi) is 6.40. The van der Waals surface area contributed by atoms with Gasteiger partial charge in [0, 0.05) is 37.5 Å². The molecule has 0 radical (unpaired) electrons. The topological polar surface area (TPSA) is 76.1 Å². The van der Waals surface area contributed by atoms with Crippen molar-refractivity contribution in [2.75, 3.05) is 5.32 Å². The lowest BCUT2D eigenvalue weighted by molar-refractivity contribution is -0.123. The molecule has 144 valence electrons. The van der Waals surface area contributed by atoms with E-state index in [0.29, 0.717) is 18.4 Å². The number of hydrogen-bond acceptors (Lipinski definition) is 5. The van der Waals surface area contributed by atoms with Crippen molar-refractivity contribution in [3.63, 3.8) is 0 Å². The van der Waals surface area contributed by atoms with Crippen molar-refractivity contribution in [2.24, 2.45) is 5.92 Å². The zero-order chi connectivity index (χ0) is 19.2. The van der Waals surface area contributed by atoms with Gasteiger partial charge in [-0.3, -0.25) is 4.79 Å². The highest BCUT2D eigenvalue weighted by molar-refractivity contribution is 5.73. The van der Waals surface area contributed by atoms with Gasteiger partial charge in [0.25, 0.3) is 0 Å². The first-order chi connectivity index (χ1) is 13.0. The van der Waals surface area contributed by atoms with E-state index in [4.69, 9.17) is 4.74 Å². The number of hydrogen-bond donors (Lipinski definition) is 2. The molecule has 0 unspecified atom stereocenters. The molecule has 1 aliphatic heterocycles. The van der Waals surface area contributed by atoms with Crippen molar-refractivity contribution in [3.05, 3.63) is 53.9 Å². The van der Waals surface area contributed by atoms with Gasteiger partial charge in [-0.2, -0.15) is 0 Å². The number of benzene rings is 1. The molecule has 1 aromatic carbocycles. The fourth-order valence-corrected chi connectivity index (χ4v) is 3.38. The summed E-state index contributed by atoms with van der Waals surface area (Å²) in [5, 5.41) is 6.28. The summed E-state index contributed by atoms with van der Waals surface area (Å²) in [6.07, 6.45) is 5.22. The molecule has 0 aliphatic carbocycles. The maximum Gasteiger partial charge on any atom is 0.222 e. The van der Waals surface area contributed by atoms with Gasteiger partial charge in [-0.1, -0.05) is 44.2 Å². The summed E-state index contributed by atoms with van der Waals surface area (Å²) < 4.78 is 6.26. The van der Waals surface area contributed by atoms with Crippen LogP contribution in [-0.4, -0.2) is 28.0 Å². The van der Waals surface area contributed by atoms with Crippen LogP contribution in [0.3, 0.4) is 0 Å². The molecule has 27 heavy (non-hydrogen) atoms. The molecule has 3 atom stereocenters. The standard InChI is InChI=1S/C21H28N4O2/c1-14(2)19-9-18(25-15(3)26)10-20(27-19)17-12-23-21(24-13-17)22-11-16-7-5-4-6-8-16/h4-8,12-14,18-20H,9-11H2,1-3H3,(H,25,26)(H,22,23,24)/t18-,19-,20+/m1/s1. The van der Waals surface area contributed by atoms with E-state index in [1.807, 2.05) is 30.6 Å². The van der Waals surface area contributed by atoms with Crippen molar-refractivity contribution >= 4 is 11.9 Å². The smallest absolute Gasteiger partial charge is 0.222 e. The Balaban J connectivity index is 1.64. The number of anilines is 1. The molecule has 6 heteroatoms. The molecule has 1 aliphatic rings. The Hall–Kier alpha value is -2.47. The number of amides is 1. The van der Waals surface area contributed by atoms with E-state index in [2.05, 4.69) is 46.6 Å². The van der Waals surface area contributed by atoms with Gasteiger partial charge in [0.1, 0.15) is 0 Å². The molecule has 2 N–H and O–H groups in total. The van der Waals surface area contributed by atoms with Gasteiger partial charge >= 0.3 is 0 Å². The molecular weight excluding hydrogens is 340 g/mol. The highest BCUT2D eigenvalue weighted by Gasteiger charge is 2.32. The molecular formula is C21H28N4O2. The van der Waals surface area contributed by atoms with E-state index in [-0.39, 0.29) is 24.2 Å². The van der Waals surface area contributed by atoms with Crippen LogP contribution in [0.1, 0.15) is 50.8 Å². The van der Waals surface area contributed by atoms with Crippen molar-refractivity contribution in [1.82, 2.24) is 15.3 Å². The summed E-state index contributed by atoms with van der Waals surface area (Å²) in [6.45, 7) is 6.53. The van der Waals surface area contributed by atoms with Crippen molar-refractivity contribution in [2.45, 2.75) is 58.4 Å². The minimum absolute atomic E-state index is 0.000124. The third-order valence-corrected chi connectivity index (χ3v) is 4.84. The molecule has 0 bridgehead atoms. The summed E-state index contributed by atoms with van der Waals surface area (Å²) in [7, 11) is 0. The monoisotopic (exact) mass is 368 g/mol. The third-order valence-electron chi connectivity index (χ3n) is 4.84. The Bertz CT molecular complexity index is 734. The minimum atomic E-state index is -0.105. The quantitative estimate of drug-likeness (QED) is 0.816. The minimum Gasteiger partial charge on any atom is -0.370 e. The van der Waals surface area contributed by atoms with E-state index < -0.39 is 0 Å². The predicted octanol–water partition coefficient (Wildman–Crippen LogP) is 3.47. The van der Waals surface area contributed by atoms with Gasteiger partial charge < -0.3 is 15.4 Å². The van der Waals surface area contributed by atoms with Gasteiger partial charge in [0.15, 0.2) is 0 Å². The van der Waals surface area contributed by atoms with Crippen LogP contribution in [0.2, 0.25) is 0 Å². The second-order valence-electron chi connectivity index (χ2n) is 7.46. The highest BCUT2D eigenvalue weighted by Crippen LogP contribution is 2.33. The molecule has 0 spiro atoms. The highest BCUT2D eigenvalue weighted by atomic mass is 16.5. The van der Waals surface area contributed by atoms with Crippen molar-refractivity contribution in [1.29, 1.82) is 0 Å². The Morgan fingerprint density at radius 3 is 2.52 bits per heavy atom. The lowest BCUT2D eigenvalue weighted by atomic mass is 9.90. The van der Waals surface area contributed by atoms with Crippen LogP contribution in [0.5, 0.6) is 0 Å². The molecule has 1 amide bonds. The summed E-state index contributed by atoms with van der Waals surface area (Å²) in [6, 6.07) is 10.3. The molecule has 1 fully saturated rings. The SMILES string of the molecule is CC(=O)N[C@H]1C[C@@H](c2cnc(NCc3ccccc3)nc2)O[C@@H](C(C)C)C1. The van der Waals surface area contributed by atoms with Gasteiger partial charge in [0.2, 0.25) is 11.9 Å². The van der Waals surface area contributed by atoms with E-state index in [1.54, 1.807) is 6.92 Å². The lowest BCUT2D eigenvalue weighted by Gasteiger charge is -2.37. The summed E-state index contributed by atoms with van der Waals surface area (Å²) in [5.41, 5.74) is 2.12. The van der Waals surface area contributed by atoms with Crippen LogP contribution in [0.4, 0.5) is 5.95 Å². The van der Waals surface area contributed by atoms with E-state index in [1.165, 1.54) is 5.56 Å². The molecule has 0 saturated carbocycles. The number of carbonyl (C=O) groups is 1. The number of carbonyl (C=O) groups excluding carboxylic acids is 1. The molecule has 1 saturated heterocycles. The number of aromatic nitrogens is 2. The third kappa shape index (κ3) is 5.50. The molecule has 6 nitrogen and oxygen atoms in total. The Morgan fingerprint density at radius 2 is 1.89 bits per heavy atom. The average Bonchev–Trinajstić information content (AvgIpc) is 2.67. The van der Waals surface area contributed by atoms with Crippen LogP contribution >= 0.6 is 0 Å². The van der Waals surface area contributed by atoms with Gasteiger partial charge in [-0.05, 0) is 24.3 Å². The van der Waals surface area contributed by atoms with Crippen LogP contribution in [0, 0.1) is 5.92 Å². The summed E-state index contributed by atoms with van der Waals surface area (Å²) in [4.78, 5) is 20.4. The number of nitrogens with zero attached hydrogens (tertiary/aromatic N) is 2. The Morgan fingerprint density at radius 1 is 1.19 bits per heavy atom. The van der Waals surface area contributed by atoms with Crippen molar-refractivity contribution in [3.8, 4) is 0 Å². The average molecular weight is 368 g/mol. The summed E-state index contributed by atoms with van der Waals surface area (Å²) >= 11 is 0. The first-order valence-corrected chi connectivity index (χ1v) is 9.53. The van der Waals surface area contributed by atoms with E-state index in [0.717, 1.165) is 18.4 Å². The predicted molar refractivity (Wildman–Crippen MR) is 105 cm³/mol. The normalized spacial score (nSPS) is 22.4. The van der Waals surface area contributed by atoms with Gasteiger partial charge in [-0.15, -0.1) is 0 Å². The maximum atomic E-state index is 11.5. The molecule has 2 aromatic rings. The zero-order valence-corrected chi connectivity index (χ0v) is 16.2. The first kappa shape index (κ1) is 19.3. The lowest BCUT2D eigenvalue weighted by Crippen LogP contribution is -2.43. The van der Waals surface area contributed by atoms with Crippen LogP contribution in [0.25, 0.3) is 0 Å². The van der Waals surface area contributed by atoms with Crippen LogP contribution in [0.15, 0.2) is 42.7 Å². The number of rotatable bonds is 6. The largest absolute Gasteiger partial charge is 0.370 e. The maximum absolute atomic E-state index is 11.5. The molecule has 1 aromatic heterocycles. The van der Waals surface area contributed by atoms with E-state index >= 15 is 0 Å². The number of ether oxygens (including phenoxy) is 1. The van der Waals surface area contributed by atoms with Gasteiger partial charge in [0.05, 0.1) is 12.2 Å². The second kappa shape index (κ2) is 8.95. The molecule has 3 rings (SSSR count). The van der Waals surface area contributed by atoms with E-state index in [9.17, 15) is 4.79 Å². The fourth-order valence-electron chi connectivity index (χ4n) is 3.38. The Labute approximate surface area is 160 Å². The van der Waals surface area contributed by atoms with Crippen molar-refractivity contribution < 1.29 is 9.53 Å². The first-order valence-electron chi connectivity index (χ1n) is 9.53. The fraction of sp³-hybridized carbons (Fsp3) is 0.476. The number of nitrogens with one attached hydrogen (secondary N) is 2. The van der Waals surface area contributed by atoms with Crippen LogP contribution < -0.4 is 10.6 Å². The second-order valence-corrected chi connectivity index (χ2v) is 7.46. The van der Waals surface area contributed by atoms with Gasteiger partial charge in [-0.25, -0.2) is 9.97 Å². The molecule has 2 heterocycles.